The molecule has 0 saturated heterocycles. The average Bonchev–Trinajstić information content (AvgIpc) is 3.16. The highest BCUT2D eigenvalue weighted by atomic mass is 32.2. The first-order valence-corrected chi connectivity index (χ1v) is 12.1. The number of hydrogen-bond acceptors (Lipinski definition) is 6. The molecule has 2 N–H and O–H groups in total. The fourth-order valence-electron chi connectivity index (χ4n) is 3.65. The third-order valence-corrected chi connectivity index (χ3v) is 7.60. The molecule has 9 heteroatoms. The molecular weight excluding hydrogens is 422 g/mol. The van der Waals surface area contributed by atoms with E-state index >= 15 is 0 Å². The van der Waals surface area contributed by atoms with Gasteiger partial charge in [-0.1, -0.05) is 48.8 Å². The summed E-state index contributed by atoms with van der Waals surface area (Å²) in [6, 6.07) is 11.7. The van der Waals surface area contributed by atoms with Crippen LogP contribution in [0.2, 0.25) is 0 Å². The number of anilines is 2. The van der Waals surface area contributed by atoms with E-state index in [2.05, 4.69) is 15.0 Å². The summed E-state index contributed by atoms with van der Waals surface area (Å²) in [5.41, 5.74) is 1.17. The number of nitrogens with one attached hydrogen (secondary N) is 2. The monoisotopic (exact) mass is 445 g/mol. The van der Waals surface area contributed by atoms with E-state index in [0.717, 1.165) is 30.4 Å². The van der Waals surface area contributed by atoms with Crippen LogP contribution in [0, 0.1) is 5.92 Å². The Bertz CT molecular complexity index is 1150. The van der Waals surface area contributed by atoms with E-state index in [-0.39, 0.29) is 21.9 Å². The van der Waals surface area contributed by atoms with Crippen LogP contribution in [0.5, 0.6) is 5.75 Å². The average molecular weight is 446 g/mol. The van der Waals surface area contributed by atoms with Crippen molar-refractivity contribution in [3.05, 3.63) is 42.5 Å². The smallest absolute Gasteiger partial charge is 0.263 e. The lowest BCUT2D eigenvalue weighted by Crippen LogP contribution is -2.24. The molecule has 1 aromatic heterocycles. The van der Waals surface area contributed by atoms with E-state index in [9.17, 15) is 13.2 Å². The van der Waals surface area contributed by atoms with Crippen LogP contribution in [-0.2, 0) is 14.8 Å². The Balaban J connectivity index is 1.60. The summed E-state index contributed by atoms with van der Waals surface area (Å²) in [6.45, 7) is 0. The van der Waals surface area contributed by atoms with Gasteiger partial charge in [-0.15, -0.1) is 0 Å². The first-order valence-electron chi connectivity index (χ1n) is 9.83. The van der Waals surface area contributed by atoms with Crippen LogP contribution < -0.4 is 14.8 Å². The number of nitrogens with zero attached hydrogens (tertiary/aromatic N) is 1. The normalized spacial score (nSPS) is 15.1. The number of hydrogen-bond donors (Lipinski definition) is 2. The molecule has 1 aliphatic carbocycles. The lowest BCUT2D eigenvalue weighted by molar-refractivity contribution is -0.120. The number of ether oxygens (including phenoxy) is 1. The summed E-state index contributed by atoms with van der Waals surface area (Å²) in [5, 5.41) is 3.22. The van der Waals surface area contributed by atoms with Crippen molar-refractivity contribution in [3.63, 3.8) is 0 Å². The van der Waals surface area contributed by atoms with E-state index in [4.69, 9.17) is 4.74 Å². The number of methoxy groups -OCH3 is 1. The SMILES string of the molecule is COc1cc(NC(=O)C2CCCCC2)cc2sc(NS(=O)(=O)c3ccccc3)nc12. The van der Waals surface area contributed by atoms with Crippen molar-refractivity contribution in [1.82, 2.24) is 4.98 Å². The van der Waals surface area contributed by atoms with Gasteiger partial charge in [0, 0.05) is 17.7 Å². The van der Waals surface area contributed by atoms with Crippen LogP contribution in [-0.4, -0.2) is 26.4 Å². The number of amides is 1. The summed E-state index contributed by atoms with van der Waals surface area (Å²) < 4.78 is 33.9. The molecule has 4 rings (SSSR count). The summed E-state index contributed by atoms with van der Waals surface area (Å²) in [7, 11) is -2.21. The Morgan fingerprint density at radius 3 is 2.57 bits per heavy atom. The minimum atomic E-state index is -3.74. The minimum absolute atomic E-state index is 0.0191. The van der Waals surface area contributed by atoms with Crippen LogP contribution >= 0.6 is 11.3 Å². The fourth-order valence-corrected chi connectivity index (χ4v) is 5.83. The molecule has 158 valence electrons. The Kier molecular flexibility index (Phi) is 5.92. The zero-order chi connectivity index (χ0) is 21.1. The molecule has 30 heavy (non-hydrogen) atoms. The largest absolute Gasteiger partial charge is 0.494 e. The van der Waals surface area contributed by atoms with Gasteiger partial charge in [0.15, 0.2) is 5.13 Å². The molecule has 1 fully saturated rings. The highest BCUT2D eigenvalue weighted by Gasteiger charge is 2.22. The van der Waals surface area contributed by atoms with Gasteiger partial charge < -0.3 is 10.1 Å². The third kappa shape index (κ3) is 4.41. The number of benzene rings is 2. The molecule has 2 aromatic carbocycles. The Labute approximate surface area is 179 Å². The summed E-state index contributed by atoms with van der Waals surface area (Å²) in [6.07, 6.45) is 5.18. The van der Waals surface area contributed by atoms with Gasteiger partial charge >= 0.3 is 0 Å². The van der Waals surface area contributed by atoms with Crippen LogP contribution in [0.4, 0.5) is 10.8 Å². The van der Waals surface area contributed by atoms with Crippen molar-refractivity contribution >= 4 is 48.3 Å². The molecule has 1 heterocycles. The predicted octanol–water partition coefficient (Wildman–Crippen LogP) is 4.62. The van der Waals surface area contributed by atoms with Crippen molar-refractivity contribution in [2.24, 2.45) is 5.92 Å². The zero-order valence-electron chi connectivity index (χ0n) is 16.6. The molecule has 7 nitrogen and oxygen atoms in total. The number of carbonyl (C=O) groups excluding carboxylic acids is 1. The number of sulfonamides is 1. The van der Waals surface area contributed by atoms with Gasteiger partial charge in [-0.25, -0.2) is 13.4 Å². The molecule has 0 spiro atoms. The van der Waals surface area contributed by atoms with E-state index < -0.39 is 10.0 Å². The summed E-state index contributed by atoms with van der Waals surface area (Å²) in [4.78, 5) is 17.2. The van der Waals surface area contributed by atoms with Gasteiger partial charge in [-0.05, 0) is 31.0 Å². The quantitative estimate of drug-likeness (QED) is 0.577. The Hall–Kier alpha value is -2.65. The van der Waals surface area contributed by atoms with E-state index in [1.54, 1.807) is 30.3 Å². The second-order valence-electron chi connectivity index (χ2n) is 7.29. The van der Waals surface area contributed by atoms with Crippen LogP contribution in [0.25, 0.3) is 10.2 Å². The van der Waals surface area contributed by atoms with Crippen molar-refractivity contribution in [2.75, 3.05) is 17.1 Å². The molecule has 0 unspecified atom stereocenters. The van der Waals surface area contributed by atoms with Crippen LogP contribution in [0.15, 0.2) is 47.4 Å². The predicted molar refractivity (Wildman–Crippen MR) is 119 cm³/mol. The highest BCUT2D eigenvalue weighted by molar-refractivity contribution is 7.93. The number of fused-ring (bicyclic) bond motifs is 1. The minimum Gasteiger partial charge on any atom is -0.494 e. The van der Waals surface area contributed by atoms with Crippen molar-refractivity contribution in [1.29, 1.82) is 0 Å². The number of aromatic nitrogens is 1. The molecule has 0 radical (unpaired) electrons. The Morgan fingerprint density at radius 2 is 1.87 bits per heavy atom. The van der Waals surface area contributed by atoms with Gasteiger partial charge in [0.25, 0.3) is 10.0 Å². The second-order valence-corrected chi connectivity index (χ2v) is 10.0. The first kappa shape index (κ1) is 20.6. The summed E-state index contributed by atoms with van der Waals surface area (Å²) >= 11 is 1.19. The van der Waals surface area contributed by atoms with E-state index in [0.29, 0.717) is 17.0 Å². The molecule has 1 amide bonds. The van der Waals surface area contributed by atoms with E-state index in [1.807, 2.05) is 0 Å². The topological polar surface area (TPSA) is 97.4 Å². The molecule has 1 aliphatic rings. The maximum absolute atomic E-state index is 12.6. The standard InChI is InChI=1S/C21H23N3O4S2/c1-28-17-12-15(22-20(25)14-8-4-2-5-9-14)13-18-19(17)23-21(29-18)24-30(26,27)16-10-6-3-7-11-16/h3,6-7,10-14H,2,4-5,8-9H2,1H3,(H,22,25)(H,23,24). The fraction of sp³-hybridized carbons (Fsp3) is 0.333. The highest BCUT2D eigenvalue weighted by Crippen LogP contribution is 2.36. The van der Waals surface area contributed by atoms with Gasteiger partial charge in [-0.2, -0.15) is 0 Å². The molecule has 0 atom stereocenters. The lowest BCUT2D eigenvalue weighted by Gasteiger charge is -2.20. The Morgan fingerprint density at radius 1 is 1.13 bits per heavy atom. The zero-order valence-corrected chi connectivity index (χ0v) is 18.2. The van der Waals surface area contributed by atoms with Gasteiger partial charge in [0.2, 0.25) is 5.91 Å². The van der Waals surface area contributed by atoms with Crippen molar-refractivity contribution < 1.29 is 17.9 Å². The third-order valence-electron chi connectivity index (χ3n) is 5.20. The van der Waals surface area contributed by atoms with Crippen molar-refractivity contribution in [3.8, 4) is 5.75 Å². The molecule has 0 bridgehead atoms. The van der Waals surface area contributed by atoms with Crippen LogP contribution in [0.1, 0.15) is 32.1 Å². The van der Waals surface area contributed by atoms with Gasteiger partial charge in [-0.3, -0.25) is 9.52 Å². The molecule has 0 aliphatic heterocycles. The molecule has 1 saturated carbocycles. The lowest BCUT2D eigenvalue weighted by atomic mass is 9.88. The number of thiazole rings is 1. The number of rotatable bonds is 6. The first-order chi connectivity index (χ1) is 14.5. The van der Waals surface area contributed by atoms with Crippen molar-refractivity contribution in [2.45, 2.75) is 37.0 Å². The van der Waals surface area contributed by atoms with Crippen LogP contribution in [0.3, 0.4) is 0 Å². The summed E-state index contributed by atoms with van der Waals surface area (Å²) in [5.74, 6) is 0.536. The number of carbonyl (C=O) groups is 1. The second kappa shape index (κ2) is 8.61. The molecular formula is C21H23N3O4S2. The maximum atomic E-state index is 12.6. The van der Waals surface area contributed by atoms with Gasteiger partial charge in [0.1, 0.15) is 11.3 Å². The maximum Gasteiger partial charge on any atom is 0.263 e. The van der Waals surface area contributed by atoms with Gasteiger partial charge in [0.05, 0.1) is 16.7 Å². The van der Waals surface area contributed by atoms with E-state index in [1.165, 1.54) is 37.0 Å². The molecule has 3 aromatic rings.